The maximum Gasteiger partial charge on any atom is 0.0758 e. The minimum absolute atomic E-state index is 0.502. The van der Waals surface area contributed by atoms with Crippen LogP contribution in [0.4, 0.5) is 0 Å². The van der Waals surface area contributed by atoms with Gasteiger partial charge in [-0.3, -0.25) is 0 Å². The van der Waals surface area contributed by atoms with Crippen LogP contribution in [0.15, 0.2) is 0 Å². The summed E-state index contributed by atoms with van der Waals surface area (Å²) in [6, 6.07) is 0.640. The van der Waals surface area contributed by atoms with Crippen molar-refractivity contribution in [1.82, 2.24) is 5.32 Å². The number of hydrogen-bond donors (Lipinski definition) is 1. The lowest BCUT2D eigenvalue weighted by molar-refractivity contribution is -0.00929. The van der Waals surface area contributed by atoms with Crippen LogP contribution < -0.4 is 5.32 Å². The molecule has 0 saturated heterocycles. The molecule has 0 aromatic heterocycles. The van der Waals surface area contributed by atoms with Crippen LogP contribution in [0, 0.1) is 11.8 Å². The highest BCUT2D eigenvalue weighted by Crippen LogP contribution is 2.41. The van der Waals surface area contributed by atoms with E-state index in [1.54, 1.807) is 0 Å². The Bertz CT molecular complexity index is 199. The third kappa shape index (κ3) is 2.98. The van der Waals surface area contributed by atoms with Gasteiger partial charge in [0.05, 0.1) is 6.10 Å². The summed E-state index contributed by atoms with van der Waals surface area (Å²) >= 11 is 0. The molecule has 0 amide bonds. The van der Waals surface area contributed by atoms with Crippen LogP contribution in [0.1, 0.15) is 52.4 Å². The Kier molecular flexibility index (Phi) is 4.66. The van der Waals surface area contributed by atoms with Gasteiger partial charge in [-0.25, -0.2) is 0 Å². The van der Waals surface area contributed by atoms with E-state index in [1.165, 1.54) is 38.5 Å². The van der Waals surface area contributed by atoms with Gasteiger partial charge in [-0.1, -0.05) is 13.3 Å². The molecule has 1 N–H and O–H groups in total. The highest BCUT2D eigenvalue weighted by atomic mass is 16.5. The molecule has 0 radical (unpaired) electrons. The zero-order valence-electron chi connectivity index (χ0n) is 10.9. The van der Waals surface area contributed by atoms with E-state index in [-0.39, 0.29) is 0 Å². The highest BCUT2D eigenvalue weighted by Gasteiger charge is 2.41. The molecule has 0 bridgehead atoms. The molecule has 2 fully saturated rings. The van der Waals surface area contributed by atoms with Crippen molar-refractivity contribution in [1.29, 1.82) is 0 Å². The zero-order chi connectivity index (χ0) is 11.4. The molecule has 0 spiro atoms. The van der Waals surface area contributed by atoms with Gasteiger partial charge in [0, 0.05) is 12.6 Å². The van der Waals surface area contributed by atoms with Gasteiger partial charge in [-0.2, -0.15) is 0 Å². The predicted octanol–water partition coefficient (Wildman–Crippen LogP) is 2.97. The smallest absolute Gasteiger partial charge is 0.0758 e. The Hall–Kier alpha value is -0.0800. The molecule has 2 nitrogen and oxygen atoms in total. The van der Waals surface area contributed by atoms with Gasteiger partial charge in [-0.15, -0.1) is 0 Å². The van der Waals surface area contributed by atoms with Crippen LogP contribution in [-0.4, -0.2) is 25.3 Å². The maximum atomic E-state index is 6.02. The summed E-state index contributed by atoms with van der Waals surface area (Å²) in [5, 5.41) is 3.75. The molecule has 2 saturated carbocycles. The van der Waals surface area contributed by atoms with Gasteiger partial charge in [-0.05, 0) is 57.4 Å². The Balaban J connectivity index is 1.90. The van der Waals surface area contributed by atoms with Gasteiger partial charge in [0.15, 0.2) is 0 Å². The molecule has 2 aliphatic rings. The van der Waals surface area contributed by atoms with E-state index >= 15 is 0 Å². The molecule has 2 heteroatoms. The third-order valence-electron chi connectivity index (χ3n) is 4.09. The lowest BCUT2D eigenvalue weighted by atomic mass is 9.76. The van der Waals surface area contributed by atoms with Crippen molar-refractivity contribution in [2.75, 3.05) is 13.2 Å². The molecule has 0 aromatic rings. The second kappa shape index (κ2) is 6.02. The fraction of sp³-hybridized carbons (Fsp3) is 1.00. The van der Waals surface area contributed by atoms with Crippen molar-refractivity contribution in [3.05, 3.63) is 0 Å². The molecule has 0 heterocycles. The fourth-order valence-corrected chi connectivity index (χ4v) is 2.81. The molecule has 2 rings (SSSR count). The van der Waals surface area contributed by atoms with Crippen LogP contribution >= 0.6 is 0 Å². The van der Waals surface area contributed by atoms with Crippen LogP contribution in [0.3, 0.4) is 0 Å². The second-order valence-electron chi connectivity index (χ2n) is 5.43. The van der Waals surface area contributed by atoms with Crippen molar-refractivity contribution in [2.45, 2.75) is 64.5 Å². The molecule has 2 unspecified atom stereocenters. The normalized spacial score (nSPS) is 25.1. The van der Waals surface area contributed by atoms with E-state index in [0.29, 0.717) is 12.1 Å². The first-order chi connectivity index (χ1) is 7.86. The van der Waals surface area contributed by atoms with Gasteiger partial charge in [0.25, 0.3) is 0 Å². The number of rotatable bonds is 8. The van der Waals surface area contributed by atoms with Crippen LogP contribution in [-0.2, 0) is 4.74 Å². The standard InChI is InChI=1S/C14H27NO/c1-3-10-15-13(11-6-5-7-11)14(16-4-2)12-8-9-12/h11-15H,3-10H2,1-2H3. The number of hydrogen-bond acceptors (Lipinski definition) is 2. The second-order valence-corrected chi connectivity index (χ2v) is 5.43. The SMILES string of the molecule is CCCNC(C1CCC1)C(OCC)C1CC1. The first-order valence-corrected chi connectivity index (χ1v) is 7.21. The number of nitrogens with one attached hydrogen (secondary N) is 1. The fourth-order valence-electron chi connectivity index (χ4n) is 2.81. The highest BCUT2D eigenvalue weighted by molar-refractivity contribution is 4.95. The largest absolute Gasteiger partial charge is 0.377 e. The molecule has 94 valence electrons. The lowest BCUT2D eigenvalue weighted by Crippen LogP contribution is -2.50. The van der Waals surface area contributed by atoms with Crippen LogP contribution in [0.2, 0.25) is 0 Å². The first kappa shape index (κ1) is 12.4. The Morgan fingerprint density at radius 1 is 1.12 bits per heavy atom. The molecular weight excluding hydrogens is 198 g/mol. The predicted molar refractivity (Wildman–Crippen MR) is 67.6 cm³/mol. The van der Waals surface area contributed by atoms with Crippen molar-refractivity contribution >= 4 is 0 Å². The molecule has 0 aromatic carbocycles. The topological polar surface area (TPSA) is 21.3 Å². The monoisotopic (exact) mass is 225 g/mol. The van der Waals surface area contributed by atoms with Gasteiger partial charge < -0.3 is 10.1 Å². The Labute approximate surface area is 100 Å². The maximum absolute atomic E-state index is 6.02. The van der Waals surface area contributed by atoms with Gasteiger partial charge in [0.2, 0.25) is 0 Å². The van der Waals surface area contributed by atoms with Crippen LogP contribution in [0.5, 0.6) is 0 Å². The van der Waals surface area contributed by atoms with Crippen molar-refractivity contribution in [3.8, 4) is 0 Å². The van der Waals surface area contributed by atoms with Crippen molar-refractivity contribution < 1.29 is 4.74 Å². The first-order valence-electron chi connectivity index (χ1n) is 7.21. The summed E-state index contributed by atoms with van der Waals surface area (Å²) in [4.78, 5) is 0. The molecule has 2 atom stereocenters. The van der Waals surface area contributed by atoms with Crippen LogP contribution in [0.25, 0.3) is 0 Å². The van der Waals surface area contributed by atoms with E-state index in [0.717, 1.165) is 25.0 Å². The van der Waals surface area contributed by atoms with E-state index in [1.807, 2.05) is 0 Å². The van der Waals surface area contributed by atoms with Crippen molar-refractivity contribution in [2.24, 2.45) is 11.8 Å². The quantitative estimate of drug-likeness (QED) is 0.686. The zero-order valence-corrected chi connectivity index (χ0v) is 10.9. The van der Waals surface area contributed by atoms with Crippen molar-refractivity contribution in [3.63, 3.8) is 0 Å². The van der Waals surface area contributed by atoms with E-state index in [9.17, 15) is 0 Å². The molecule has 2 aliphatic carbocycles. The van der Waals surface area contributed by atoms with E-state index in [2.05, 4.69) is 19.2 Å². The molecule has 0 aliphatic heterocycles. The minimum Gasteiger partial charge on any atom is -0.377 e. The Morgan fingerprint density at radius 3 is 2.31 bits per heavy atom. The van der Waals surface area contributed by atoms with E-state index in [4.69, 9.17) is 4.74 Å². The summed E-state index contributed by atoms with van der Waals surface area (Å²) in [7, 11) is 0. The average Bonchev–Trinajstić information content (AvgIpc) is 3.02. The summed E-state index contributed by atoms with van der Waals surface area (Å²) in [5.41, 5.74) is 0. The lowest BCUT2D eigenvalue weighted by Gasteiger charge is -2.39. The average molecular weight is 225 g/mol. The molecule has 16 heavy (non-hydrogen) atoms. The summed E-state index contributed by atoms with van der Waals surface area (Å²) in [6.45, 7) is 6.40. The summed E-state index contributed by atoms with van der Waals surface area (Å²) in [5.74, 6) is 1.75. The van der Waals surface area contributed by atoms with Gasteiger partial charge in [0.1, 0.15) is 0 Å². The summed E-state index contributed by atoms with van der Waals surface area (Å²) < 4.78 is 6.02. The number of ether oxygens (including phenoxy) is 1. The van der Waals surface area contributed by atoms with Gasteiger partial charge >= 0.3 is 0 Å². The van der Waals surface area contributed by atoms with E-state index < -0.39 is 0 Å². The third-order valence-corrected chi connectivity index (χ3v) is 4.09. The minimum atomic E-state index is 0.502. The Morgan fingerprint density at radius 2 is 1.88 bits per heavy atom. The summed E-state index contributed by atoms with van der Waals surface area (Å²) in [6.07, 6.45) is 8.77. The molecular formula is C14H27NO.